The zero-order valence-corrected chi connectivity index (χ0v) is 55.1. The van der Waals surface area contributed by atoms with Crippen LogP contribution in [0.3, 0.4) is 0 Å². The molecule has 0 aliphatic carbocycles. The van der Waals surface area contributed by atoms with Crippen LogP contribution in [0.2, 0.25) is 0 Å². The fourth-order valence-corrected chi connectivity index (χ4v) is 24.2. The van der Waals surface area contributed by atoms with Crippen molar-refractivity contribution in [3.8, 4) is 93.3 Å². The molecule has 91 heavy (non-hydrogen) atoms. The van der Waals surface area contributed by atoms with E-state index in [0.29, 0.717) is 69.0 Å². The van der Waals surface area contributed by atoms with Crippen LogP contribution in [-0.4, -0.2) is 12.3 Å². The van der Waals surface area contributed by atoms with Gasteiger partial charge in [-0.25, -0.2) is 0 Å². The molecule has 0 saturated carbocycles. The second-order valence-corrected chi connectivity index (χ2v) is 31.7. The van der Waals surface area contributed by atoms with Crippen molar-refractivity contribution in [2.45, 2.75) is 27.7 Å². The van der Waals surface area contributed by atoms with Crippen LogP contribution in [0.5, 0.6) is 69.0 Å². The standard InChI is InChI=1S/C26H24P2.2C18H12O6P.4C2H3N.Pd/c1-5-13-23(14-6-1)27(24-15-7-2-8-16-24)21-22-28(25-17-9-3-10-18-25)26-19-11-4-12-20-26;2*1-2-8-14-13(7-1)19-25(20-14,21-15-9-3-4-10-16(15)22-25)23-17-11-5-6-12-18(17)24-25;4*1-2-3;/h1-20H,21-22H2;2*1-12H;4*1H3;/q;2*-1;;;;;+2/p+2. The van der Waals surface area contributed by atoms with Crippen molar-refractivity contribution in [1.82, 2.24) is 0 Å². The fraction of sp³-hybridized carbons (Fsp3) is 0.0857. The molecule has 10 aromatic carbocycles. The van der Waals surface area contributed by atoms with Gasteiger partial charge in [-0.05, 0) is 48.5 Å². The van der Waals surface area contributed by atoms with Crippen LogP contribution < -0.4 is 75.5 Å². The number of nitriles is 4. The van der Waals surface area contributed by atoms with Gasteiger partial charge in [0.25, 0.3) is 0 Å². The second kappa shape index (κ2) is 27.1. The first-order chi connectivity index (χ1) is 43.8. The first kappa shape index (κ1) is 65.6. The minimum absolute atomic E-state index is 0. The average Bonchev–Trinajstić information content (AvgIpc) is 1.49. The van der Waals surface area contributed by atoms with Crippen LogP contribution in [0.25, 0.3) is 0 Å². The molecule has 6 heterocycles. The molecule has 6 aliphatic rings. The van der Waals surface area contributed by atoms with Gasteiger partial charge in [0.15, 0.2) is 0 Å². The van der Waals surface area contributed by atoms with Crippen LogP contribution in [0.15, 0.2) is 267 Å². The predicted molar refractivity (Wildman–Crippen MR) is 356 cm³/mol. The minimum atomic E-state index is -5.56. The molecule has 0 aromatic heterocycles. The van der Waals surface area contributed by atoms with Crippen molar-refractivity contribution in [2.75, 3.05) is 12.3 Å². The summed E-state index contributed by atoms with van der Waals surface area (Å²) in [5, 5.41) is 35.3. The van der Waals surface area contributed by atoms with E-state index in [9.17, 15) is 0 Å². The number of rotatable bonds is 7. The molecule has 0 N–H and O–H groups in total. The molecule has 0 bridgehead atoms. The average molecular weight is 1380 g/mol. The molecule has 0 fully saturated rings. The molecular weight excluding hydrogens is 1320 g/mol. The Morgan fingerprint density at radius 2 is 0.341 bits per heavy atom. The zero-order chi connectivity index (χ0) is 63.0. The molecule has 2 spiro atoms. The van der Waals surface area contributed by atoms with E-state index in [0.717, 1.165) is 0 Å². The van der Waals surface area contributed by atoms with Crippen molar-refractivity contribution in [3.05, 3.63) is 267 Å². The van der Waals surface area contributed by atoms with Crippen molar-refractivity contribution < 1.29 is 74.7 Å². The summed E-state index contributed by atoms with van der Waals surface area (Å²) >= 11 is 0. The van der Waals surface area contributed by atoms with Gasteiger partial charge in [-0.1, -0.05) is 72.8 Å². The monoisotopic (exact) mass is 1380 g/mol. The molecule has 462 valence electrons. The van der Waals surface area contributed by atoms with Crippen molar-refractivity contribution in [2.24, 2.45) is 0 Å². The first-order valence-corrected chi connectivity index (χ1v) is 36.1. The number of nitrogens with zero attached hydrogens (tertiary/aromatic N) is 4. The zero-order valence-electron chi connectivity index (χ0n) is 49.7. The number of para-hydroxylation sites is 12. The Labute approximate surface area is 544 Å². The molecule has 0 saturated heterocycles. The van der Waals surface area contributed by atoms with Crippen molar-refractivity contribution >= 4 is 51.7 Å². The van der Waals surface area contributed by atoms with Gasteiger partial charge in [-0.15, -0.1) is 0 Å². The quantitative estimate of drug-likeness (QED) is 0.107. The number of fused-ring (bicyclic) bond motifs is 6. The maximum absolute atomic E-state index is 7.32. The Bertz CT molecular complexity index is 3530. The summed E-state index contributed by atoms with van der Waals surface area (Å²) < 4.78 is 74.2. The van der Waals surface area contributed by atoms with E-state index in [1.165, 1.54) is 61.2 Å². The van der Waals surface area contributed by atoms with Crippen LogP contribution in [0.1, 0.15) is 27.7 Å². The summed E-state index contributed by atoms with van der Waals surface area (Å²) in [4.78, 5) is 0. The summed E-state index contributed by atoms with van der Waals surface area (Å²) in [7, 11) is -12.7. The fourth-order valence-electron chi connectivity index (χ4n) is 10.3. The SMILES string of the molecule is CC#N.CC#N.CC#N.CC#N.[Pd+2].c1ccc([PH+](CC[PH+](c2ccccc2)c2ccccc2)c2ccccc2)cc1.c1ccc2c(c1)O[P-]13(O2)(Oc2ccccc2O1)Oc1ccccc1O3.c1ccc2c(c1)O[P-]13(O2)(Oc2ccccc2O1)Oc1ccccc1O3. The third-order valence-electron chi connectivity index (χ3n) is 13.6. The van der Waals surface area contributed by atoms with Gasteiger partial charge in [-0.3, -0.25) is 0 Å². The number of benzene rings is 10. The Morgan fingerprint density at radius 3 is 0.462 bits per heavy atom. The molecule has 6 aliphatic heterocycles. The van der Waals surface area contributed by atoms with E-state index in [1.807, 2.05) is 72.8 Å². The van der Waals surface area contributed by atoms with Crippen molar-refractivity contribution in [1.29, 1.82) is 21.0 Å². The van der Waals surface area contributed by atoms with E-state index >= 15 is 0 Å². The molecule has 21 heteroatoms. The molecule has 16 rings (SSSR count). The van der Waals surface area contributed by atoms with E-state index in [1.54, 1.807) is 97.1 Å². The van der Waals surface area contributed by atoms with Gasteiger partial charge < -0.3 is 0 Å². The van der Waals surface area contributed by atoms with E-state index in [4.69, 9.17) is 75.3 Å². The summed E-state index contributed by atoms with van der Waals surface area (Å²) in [6.45, 7) is 5.72. The van der Waals surface area contributed by atoms with Crippen LogP contribution >= 0.6 is 30.5 Å². The number of hydrogen-bond acceptors (Lipinski definition) is 16. The second-order valence-electron chi connectivity index (χ2n) is 19.8. The summed E-state index contributed by atoms with van der Waals surface area (Å²) in [5.41, 5.74) is 0. The van der Waals surface area contributed by atoms with Gasteiger partial charge in [0.1, 0.15) is 12.3 Å². The summed E-state index contributed by atoms with van der Waals surface area (Å²) in [6.07, 6.45) is 2.52. The molecular formula is C70H62N4O12P4Pd+2. The van der Waals surface area contributed by atoms with Crippen LogP contribution in [-0.2, 0) is 20.4 Å². The molecule has 0 amide bonds. The summed E-state index contributed by atoms with van der Waals surface area (Å²) in [5.74, 6) is 5.15. The molecule has 0 unspecified atom stereocenters. The first-order valence-electron chi connectivity index (χ1n) is 28.3. The third-order valence-corrected chi connectivity index (χ3v) is 26.6. The number of hydrogen-bond donors (Lipinski definition) is 0. The van der Waals surface area contributed by atoms with E-state index < -0.39 is 30.5 Å². The molecule has 10 aromatic rings. The van der Waals surface area contributed by atoms with Gasteiger partial charge in [-0.2, -0.15) is 21.0 Å². The molecule has 0 radical (unpaired) electrons. The third kappa shape index (κ3) is 13.1. The van der Waals surface area contributed by atoms with Gasteiger partial charge in [0, 0.05) is 27.7 Å². The maximum atomic E-state index is 7.32. The van der Waals surface area contributed by atoms with E-state index in [-0.39, 0.29) is 20.4 Å². The predicted octanol–water partition coefficient (Wildman–Crippen LogP) is 16.8. The Balaban J connectivity index is 0.000000148. The van der Waals surface area contributed by atoms with Gasteiger partial charge in [0.05, 0.1) is 61.3 Å². The molecule has 16 nitrogen and oxygen atoms in total. The van der Waals surface area contributed by atoms with Crippen LogP contribution in [0.4, 0.5) is 0 Å². The summed E-state index contributed by atoms with van der Waals surface area (Å²) in [6, 6.07) is 94.4. The van der Waals surface area contributed by atoms with Crippen LogP contribution in [0, 0.1) is 45.3 Å². The van der Waals surface area contributed by atoms with Crippen molar-refractivity contribution in [3.63, 3.8) is 0 Å². The topological polar surface area (TPSA) is 206 Å². The van der Waals surface area contributed by atoms with Gasteiger partial charge in [0.2, 0.25) is 0 Å². The molecule has 0 atom stereocenters. The normalized spacial score (nSPS) is 16.7. The Kier molecular flexibility index (Phi) is 19.5. The van der Waals surface area contributed by atoms with E-state index in [2.05, 4.69) is 121 Å². The Hall–Kier alpha value is -9.86. The van der Waals surface area contributed by atoms with Gasteiger partial charge >= 0.3 is 304 Å². The Morgan fingerprint density at radius 1 is 0.231 bits per heavy atom.